The molecule has 1 unspecified atom stereocenters. The van der Waals surface area contributed by atoms with Crippen LogP contribution < -0.4 is 10.1 Å². The van der Waals surface area contributed by atoms with Crippen molar-refractivity contribution in [1.82, 2.24) is 5.32 Å². The minimum Gasteiger partial charge on any atom is -0.496 e. The third-order valence-electron chi connectivity index (χ3n) is 3.85. The van der Waals surface area contributed by atoms with Gasteiger partial charge in [-0.25, -0.2) is 0 Å². The average molecular weight is 328 g/mol. The summed E-state index contributed by atoms with van der Waals surface area (Å²) in [7, 11) is 1.51. The van der Waals surface area contributed by atoms with Gasteiger partial charge in [-0.15, -0.1) is 0 Å². The highest BCUT2D eigenvalue weighted by atomic mass is 35.5. The Balaban J connectivity index is 2.91. The molecule has 5 nitrogen and oxygen atoms in total. The van der Waals surface area contributed by atoms with Crippen molar-refractivity contribution in [2.45, 2.75) is 39.2 Å². The average Bonchev–Trinajstić information content (AvgIpc) is 2.39. The molecule has 0 bridgehead atoms. The second-order valence-electron chi connectivity index (χ2n) is 5.79. The summed E-state index contributed by atoms with van der Waals surface area (Å²) in [6, 6.07) is 5.16. The van der Waals surface area contributed by atoms with Crippen molar-refractivity contribution < 1.29 is 19.4 Å². The first-order chi connectivity index (χ1) is 10.2. The van der Waals surface area contributed by atoms with E-state index in [-0.39, 0.29) is 24.7 Å². The minimum absolute atomic E-state index is 0.0271. The molecule has 0 spiro atoms. The van der Waals surface area contributed by atoms with E-state index in [0.29, 0.717) is 16.3 Å². The second kappa shape index (κ2) is 7.49. The first-order valence-electron chi connectivity index (χ1n) is 7.03. The lowest BCUT2D eigenvalue weighted by atomic mass is 9.85. The highest BCUT2D eigenvalue weighted by molar-refractivity contribution is 6.31. The Labute approximate surface area is 135 Å². The zero-order valence-electron chi connectivity index (χ0n) is 13.3. The van der Waals surface area contributed by atoms with E-state index in [2.05, 4.69) is 5.32 Å². The molecule has 122 valence electrons. The van der Waals surface area contributed by atoms with Crippen LogP contribution in [0.1, 0.15) is 32.8 Å². The molecule has 0 saturated heterocycles. The molecule has 0 aliphatic heterocycles. The van der Waals surface area contributed by atoms with Crippen LogP contribution in [0.25, 0.3) is 0 Å². The predicted octanol–water partition coefficient (Wildman–Crippen LogP) is 2.90. The number of nitrogens with one attached hydrogen (secondary N) is 1. The Morgan fingerprint density at radius 2 is 2.05 bits per heavy atom. The molecule has 0 aromatic heterocycles. The quantitative estimate of drug-likeness (QED) is 0.807. The standard InChI is InChI=1S/C16H22ClNO4/c1-10(2)16(3,9-15(20)21)18-14(19)8-11-12(17)6-5-7-13(11)22-4/h5-7,10H,8-9H2,1-4H3,(H,18,19)(H,20,21). The van der Waals surface area contributed by atoms with Crippen LogP contribution in [0.4, 0.5) is 0 Å². The molecule has 0 fully saturated rings. The van der Waals surface area contributed by atoms with E-state index in [4.69, 9.17) is 21.4 Å². The van der Waals surface area contributed by atoms with E-state index in [1.54, 1.807) is 25.1 Å². The molecule has 0 aliphatic rings. The van der Waals surface area contributed by atoms with Gasteiger partial charge < -0.3 is 15.2 Å². The topological polar surface area (TPSA) is 75.6 Å². The SMILES string of the molecule is COc1cccc(Cl)c1CC(=O)NC(C)(CC(=O)O)C(C)C. The van der Waals surface area contributed by atoms with Gasteiger partial charge in [-0.05, 0) is 25.0 Å². The van der Waals surface area contributed by atoms with Crippen LogP contribution in [0.5, 0.6) is 5.75 Å². The lowest BCUT2D eigenvalue weighted by molar-refractivity contribution is -0.139. The van der Waals surface area contributed by atoms with Crippen LogP contribution in [0, 0.1) is 5.92 Å². The van der Waals surface area contributed by atoms with E-state index >= 15 is 0 Å². The number of carboxylic acid groups (broad SMARTS) is 1. The highest BCUT2D eigenvalue weighted by Crippen LogP contribution is 2.27. The van der Waals surface area contributed by atoms with Crippen molar-refractivity contribution in [3.8, 4) is 5.75 Å². The number of benzene rings is 1. The van der Waals surface area contributed by atoms with Gasteiger partial charge in [0, 0.05) is 16.1 Å². The third-order valence-corrected chi connectivity index (χ3v) is 4.20. The molecule has 22 heavy (non-hydrogen) atoms. The van der Waals surface area contributed by atoms with Crippen LogP contribution in [0.3, 0.4) is 0 Å². The molecule has 1 amide bonds. The zero-order chi connectivity index (χ0) is 16.9. The molecule has 0 radical (unpaired) electrons. The Morgan fingerprint density at radius 1 is 1.41 bits per heavy atom. The number of hydrogen-bond acceptors (Lipinski definition) is 3. The summed E-state index contributed by atoms with van der Waals surface area (Å²) in [6.07, 6.45) is -0.110. The molecule has 1 aromatic carbocycles. The van der Waals surface area contributed by atoms with Gasteiger partial charge in [0.2, 0.25) is 5.91 Å². The van der Waals surface area contributed by atoms with E-state index in [9.17, 15) is 9.59 Å². The van der Waals surface area contributed by atoms with Gasteiger partial charge >= 0.3 is 5.97 Å². The van der Waals surface area contributed by atoms with Gasteiger partial charge in [-0.3, -0.25) is 9.59 Å². The van der Waals surface area contributed by atoms with Crippen LogP contribution in [0.15, 0.2) is 18.2 Å². The molecule has 1 rings (SSSR count). The third kappa shape index (κ3) is 4.63. The monoisotopic (exact) mass is 327 g/mol. The molecular weight excluding hydrogens is 306 g/mol. The molecule has 1 atom stereocenters. The Kier molecular flexibility index (Phi) is 6.23. The molecule has 0 heterocycles. The molecular formula is C16H22ClNO4. The number of aliphatic carboxylic acids is 1. The highest BCUT2D eigenvalue weighted by Gasteiger charge is 2.33. The normalized spacial score (nSPS) is 13.5. The van der Waals surface area contributed by atoms with Gasteiger partial charge in [0.1, 0.15) is 5.75 Å². The number of hydrogen-bond donors (Lipinski definition) is 2. The van der Waals surface area contributed by atoms with Gasteiger partial charge in [-0.2, -0.15) is 0 Å². The van der Waals surface area contributed by atoms with E-state index < -0.39 is 11.5 Å². The molecule has 6 heteroatoms. The minimum atomic E-state index is -0.952. The van der Waals surface area contributed by atoms with Crippen LogP contribution in [-0.2, 0) is 16.0 Å². The smallest absolute Gasteiger partial charge is 0.305 e. The fraction of sp³-hybridized carbons (Fsp3) is 0.500. The maximum atomic E-state index is 12.3. The van der Waals surface area contributed by atoms with Crippen molar-refractivity contribution in [1.29, 1.82) is 0 Å². The van der Waals surface area contributed by atoms with Crippen LogP contribution >= 0.6 is 11.6 Å². The molecule has 0 saturated carbocycles. The van der Waals surface area contributed by atoms with Crippen LogP contribution in [-0.4, -0.2) is 29.6 Å². The van der Waals surface area contributed by atoms with E-state index in [1.807, 2.05) is 13.8 Å². The number of amides is 1. The number of carbonyl (C=O) groups is 2. The number of methoxy groups -OCH3 is 1. The van der Waals surface area contributed by atoms with Gasteiger partial charge in [-0.1, -0.05) is 31.5 Å². The van der Waals surface area contributed by atoms with E-state index in [0.717, 1.165) is 0 Å². The van der Waals surface area contributed by atoms with Crippen molar-refractivity contribution in [3.05, 3.63) is 28.8 Å². The number of halogens is 1. The summed E-state index contributed by atoms with van der Waals surface area (Å²) >= 11 is 6.12. The number of carboxylic acids is 1. The Hall–Kier alpha value is -1.75. The summed E-state index contributed by atoms with van der Waals surface area (Å²) in [5.41, 5.74) is -0.233. The summed E-state index contributed by atoms with van der Waals surface area (Å²) in [4.78, 5) is 23.3. The van der Waals surface area contributed by atoms with Crippen molar-refractivity contribution in [3.63, 3.8) is 0 Å². The van der Waals surface area contributed by atoms with Crippen LogP contribution in [0.2, 0.25) is 5.02 Å². The predicted molar refractivity (Wildman–Crippen MR) is 85.3 cm³/mol. The summed E-state index contributed by atoms with van der Waals surface area (Å²) in [5, 5.41) is 12.3. The Morgan fingerprint density at radius 3 is 2.55 bits per heavy atom. The van der Waals surface area contributed by atoms with Gasteiger partial charge in [0.25, 0.3) is 0 Å². The maximum Gasteiger partial charge on any atom is 0.305 e. The number of carbonyl (C=O) groups excluding carboxylic acids is 1. The van der Waals surface area contributed by atoms with Gasteiger partial charge in [0.15, 0.2) is 0 Å². The largest absolute Gasteiger partial charge is 0.496 e. The molecule has 1 aromatic rings. The second-order valence-corrected chi connectivity index (χ2v) is 6.20. The van der Waals surface area contributed by atoms with Crippen molar-refractivity contribution in [2.75, 3.05) is 7.11 Å². The van der Waals surface area contributed by atoms with Crippen molar-refractivity contribution in [2.24, 2.45) is 5.92 Å². The number of ether oxygens (including phenoxy) is 1. The van der Waals surface area contributed by atoms with Crippen molar-refractivity contribution >= 4 is 23.5 Å². The molecule has 2 N–H and O–H groups in total. The lowest BCUT2D eigenvalue weighted by Crippen LogP contribution is -2.51. The molecule has 0 aliphatic carbocycles. The summed E-state index contributed by atoms with van der Waals surface area (Å²) in [6.45, 7) is 5.48. The first kappa shape index (κ1) is 18.3. The fourth-order valence-corrected chi connectivity index (χ4v) is 2.36. The maximum absolute atomic E-state index is 12.3. The number of rotatable bonds is 7. The first-order valence-corrected chi connectivity index (χ1v) is 7.41. The van der Waals surface area contributed by atoms with Gasteiger partial charge in [0.05, 0.1) is 20.0 Å². The summed E-state index contributed by atoms with van der Waals surface area (Å²) < 4.78 is 5.21. The van der Waals surface area contributed by atoms with E-state index in [1.165, 1.54) is 7.11 Å². The fourth-order valence-electron chi connectivity index (χ4n) is 2.13. The summed E-state index contributed by atoms with van der Waals surface area (Å²) in [5.74, 6) is -0.733. The lowest BCUT2D eigenvalue weighted by Gasteiger charge is -2.33. The zero-order valence-corrected chi connectivity index (χ0v) is 14.0. The Bertz CT molecular complexity index is 559.